The summed E-state index contributed by atoms with van der Waals surface area (Å²) < 4.78 is 0. The van der Waals surface area contributed by atoms with E-state index >= 15 is 0 Å². The van der Waals surface area contributed by atoms with Gasteiger partial charge in [0, 0.05) is 12.1 Å². The molecule has 0 radical (unpaired) electrons. The van der Waals surface area contributed by atoms with E-state index in [0.717, 1.165) is 12.1 Å². The Bertz CT molecular complexity index is 433. The second-order valence-corrected chi connectivity index (χ2v) is 4.32. The average Bonchev–Trinajstić information content (AvgIpc) is 2.34. The van der Waals surface area contributed by atoms with Gasteiger partial charge in [0.15, 0.2) is 0 Å². The highest BCUT2D eigenvalue weighted by atomic mass is 16.4. The van der Waals surface area contributed by atoms with Gasteiger partial charge in [-0.3, -0.25) is 0 Å². The van der Waals surface area contributed by atoms with Gasteiger partial charge in [0.2, 0.25) is 0 Å². The molecule has 1 N–H and O–H groups in total. The first-order valence-electron chi connectivity index (χ1n) is 5.90. The minimum atomic E-state index is -0.852. The van der Waals surface area contributed by atoms with E-state index in [4.69, 9.17) is 5.11 Å². The lowest BCUT2D eigenvalue weighted by Crippen LogP contribution is -2.15. The lowest BCUT2D eigenvalue weighted by Gasteiger charge is -2.08. The normalized spacial score (nSPS) is 12.3. The number of hydrogen-bond donors (Lipinski definition) is 1. The topological polar surface area (TPSA) is 40.5 Å². The van der Waals surface area contributed by atoms with Crippen molar-refractivity contribution in [3.63, 3.8) is 0 Å². The summed E-state index contributed by atoms with van der Waals surface area (Å²) >= 11 is 0. The lowest BCUT2D eigenvalue weighted by atomic mass is 10.1. The maximum absolute atomic E-state index is 11.0. The number of allylic oxidation sites excluding steroid dienone is 2. The first-order valence-corrected chi connectivity index (χ1v) is 5.90. The molecule has 0 heterocycles. The molecule has 1 aromatic carbocycles. The molecule has 0 aliphatic heterocycles. The second-order valence-electron chi connectivity index (χ2n) is 4.32. The number of carboxylic acids is 1. The molecule has 3 nitrogen and oxygen atoms in total. The Labute approximate surface area is 108 Å². The van der Waals surface area contributed by atoms with Gasteiger partial charge < -0.3 is 10.0 Å². The largest absolute Gasteiger partial charge is 0.478 e. The zero-order valence-corrected chi connectivity index (χ0v) is 10.8. The molecule has 0 aliphatic rings. The van der Waals surface area contributed by atoms with Crippen molar-refractivity contribution in [2.45, 2.75) is 6.42 Å². The van der Waals surface area contributed by atoms with Crippen LogP contribution in [0.5, 0.6) is 0 Å². The van der Waals surface area contributed by atoms with Crippen LogP contribution in [0, 0.1) is 0 Å². The smallest absolute Gasteiger partial charge is 0.331 e. The Morgan fingerprint density at radius 2 is 1.94 bits per heavy atom. The molecule has 0 saturated heterocycles. The van der Waals surface area contributed by atoms with Crippen LogP contribution in [0.3, 0.4) is 0 Å². The Kier molecular flexibility index (Phi) is 5.88. The van der Waals surface area contributed by atoms with Crippen molar-refractivity contribution in [3.8, 4) is 0 Å². The van der Waals surface area contributed by atoms with E-state index < -0.39 is 5.97 Å². The Morgan fingerprint density at radius 3 is 2.50 bits per heavy atom. The molecule has 0 bridgehead atoms. The third-order valence-corrected chi connectivity index (χ3v) is 2.49. The molecule has 0 fully saturated rings. The average molecular weight is 245 g/mol. The van der Waals surface area contributed by atoms with Gasteiger partial charge in [0.25, 0.3) is 0 Å². The highest BCUT2D eigenvalue weighted by Crippen LogP contribution is 2.05. The molecule has 0 aliphatic carbocycles. The molecule has 0 spiro atoms. The van der Waals surface area contributed by atoms with Gasteiger partial charge >= 0.3 is 5.97 Å². The van der Waals surface area contributed by atoms with Crippen LogP contribution in [0.1, 0.15) is 12.0 Å². The molecular formula is C15H19NO2. The van der Waals surface area contributed by atoms with Crippen LogP contribution < -0.4 is 0 Å². The van der Waals surface area contributed by atoms with E-state index in [0.29, 0.717) is 12.0 Å². The summed E-state index contributed by atoms with van der Waals surface area (Å²) in [5, 5.41) is 9.06. The first-order chi connectivity index (χ1) is 8.59. The van der Waals surface area contributed by atoms with Crippen LogP contribution in [0.15, 0.2) is 48.1 Å². The Hall–Kier alpha value is -1.87. The summed E-state index contributed by atoms with van der Waals surface area (Å²) in [4.78, 5) is 13.0. The van der Waals surface area contributed by atoms with Crippen molar-refractivity contribution in [3.05, 3.63) is 53.6 Å². The van der Waals surface area contributed by atoms with Gasteiger partial charge in [-0.15, -0.1) is 0 Å². The summed E-state index contributed by atoms with van der Waals surface area (Å²) in [6.07, 6.45) is 5.90. The van der Waals surface area contributed by atoms with Gasteiger partial charge in [-0.1, -0.05) is 48.6 Å². The predicted octanol–water partition coefficient (Wildman–Crippen LogP) is 2.66. The predicted molar refractivity (Wildman–Crippen MR) is 74.4 cm³/mol. The zero-order chi connectivity index (χ0) is 13.4. The van der Waals surface area contributed by atoms with Crippen molar-refractivity contribution in [2.75, 3.05) is 20.6 Å². The summed E-state index contributed by atoms with van der Waals surface area (Å²) in [5.74, 6) is -0.852. The van der Waals surface area contributed by atoms with Crippen LogP contribution in [0.25, 0.3) is 6.08 Å². The lowest BCUT2D eigenvalue weighted by molar-refractivity contribution is -0.132. The number of benzene rings is 1. The number of rotatable bonds is 6. The minimum absolute atomic E-state index is 0.427. The monoisotopic (exact) mass is 245 g/mol. The van der Waals surface area contributed by atoms with Gasteiger partial charge in [-0.05, 0) is 26.1 Å². The Balaban J connectivity index is 2.66. The Morgan fingerprint density at radius 1 is 1.28 bits per heavy atom. The number of carboxylic acid groups (broad SMARTS) is 1. The molecule has 0 amide bonds. The second kappa shape index (κ2) is 7.45. The van der Waals surface area contributed by atoms with Crippen LogP contribution in [0.4, 0.5) is 0 Å². The summed E-state index contributed by atoms with van der Waals surface area (Å²) in [6.45, 7) is 0.733. The molecule has 1 rings (SSSR count). The maximum atomic E-state index is 11.0. The highest BCUT2D eigenvalue weighted by Gasteiger charge is 2.05. The van der Waals surface area contributed by atoms with Crippen molar-refractivity contribution in [1.29, 1.82) is 0 Å². The number of hydrogen-bond acceptors (Lipinski definition) is 2. The van der Waals surface area contributed by atoms with Crippen molar-refractivity contribution >= 4 is 12.0 Å². The minimum Gasteiger partial charge on any atom is -0.478 e. The van der Waals surface area contributed by atoms with E-state index in [1.54, 1.807) is 12.2 Å². The van der Waals surface area contributed by atoms with Crippen LogP contribution in [-0.4, -0.2) is 36.6 Å². The highest BCUT2D eigenvalue weighted by molar-refractivity contribution is 5.87. The van der Waals surface area contributed by atoms with E-state index in [-0.39, 0.29) is 0 Å². The fourth-order valence-electron chi connectivity index (χ4n) is 1.45. The van der Waals surface area contributed by atoms with E-state index in [9.17, 15) is 4.79 Å². The number of aliphatic carboxylic acids is 1. The molecular weight excluding hydrogens is 226 g/mol. The molecule has 96 valence electrons. The SMILES string of the molecule is CN(C)CCC(=CC=Cc1ccccc1)C(=O)O. The third kappa shape index (κ3) is 5.46. The van der Waals surface area contributed by atoms with E-state index in [1.165, 1.54) is 0 Å². The number of nitrogens with zero attached hydrogens (tertiary/aromatic N) is 1. The van der Waals surface area contributed by atoms with Crippen LogP contribution in [-0.2, 0) is 4.79 Å². The fraction of sp³-hybridized carbons (Fsp3) is 0.267. The zero-order valence-electron chi connectivity index (χ0n) is 10.8. The first kappa shape index (κ1) is 14.2. The number of carbonyl (C=O) groups is 1. The van der Waals surface area contributed by atoms with Crippen molar-refractivity contribution in [1.82, 2.24) is 4.90 Å². The van der Waals surface area contributed by atoms with E-state index in [2.05, 4.69) is 0 Å². The molecule has 0 aromatic heterocycles. The molecule has 1 aromatic rings. The summed E-state index contributed by atoms with van der Waals surface area (Å²) in [7, 11) is 3.86. The summed E-state index contributed by atoms with van der Waals surface area (Å²) in [6, 6.07) is 9.81. The fourth-order valence-corrected chi connectivity index (χ4v) is 1.45. The quantitative estimate of drug-likeness (QED) is 0.618. The maximum Gasteiger partial charge on any atom is 0.331 e. The van der Waals surface area contributed by atoms with Gasteiger partial charge in [0.1, 0.15) is 0 Å². The summed E-state index contributed by atoms with van der Waals surface area (Å²) in [5.41, 5.74) is 1.49. The van der Waals surface area contributed by atoms with Crippen molar-refractivity contribution < 1.29 is 9.90 Å². The van der Waals surface area contributed by atoms with Crippen LogP contribution >= 0.6 is 0 Å². The van der Waals surface area contributed by atoms with Gasteiger partial charge in [-0.25, -0.2) is 4.79 Å². The molecule has 0 saturated carbocycles. The van der Waals surface area contributed by atoms with E-state index in [1.807, 2.05) is 55.4 Å². The van der Waals surface area contributed by atoms with Gasteiger partial charge in [-0.2, -0.15) is 0 Å². The van der Waals surface area contributed by atoms with Gasteiger partial charge in [0.05, 0.1) is 0 Å². The molecule has 0 atom stereocenters. The third-order valence-electron chi connectivity index (χ3n) is 2.49. The molecule has 3 heteroatoms. The molecule has 18 heavy (non-hydrogen) atoms. The molecule has 0 unspecified atom stereocenters. The van der Waals surface area contributed by atoms with Crippen molar-refractivity contribution in [2.24, 2.45) is 0 Å². The standard InChI is InChI=1S/C15H19NO2/c1-16(2)12-11-14(15(17)18)10-6-9-13-7-4-3-5-8-13/h3-10H,11-12H2,1-2H3,(H,17,18). The van der Waals surface area contributed by atoms with Crippen LogP contribution in [0.2, 0.25) is 0 Å².